The van der Waals surface area contributed by atoms with Crippen LogP contribution in [-0.4, -0.2) is 13.1 Å². The standard InChI is InChI=1S/C18H17FN2/c19-17-8-7-15-9-11-21(18(15)12-17)13-16-5-2-1-4-14(16)6-3-10-20/h1-2,4-5,7-8,12H,9-11,13,20H2. The maximum Gasteiger partial charge on any atom is 0.125 e. The molecule has 2 aromatic rings. The van der Waals surface area contributed by atoms with Crippen LogP contribution in [0.25, 0.3) is 0 Å². The van der Waals surface area contributed by atoms with E-state index < -0.39 is 0 Å². The number of halogens is 1. The number of nitrogens with two attached hydrogens (primary N) is 1. The Labute approximate surface area is 124 Å². The molecule has 0 aliphatic carbocycles. The molecule has 106 valence electrons. The van der Waals surface area contributed by atoms with Gasteiger partial charge in [-0.3, -0.25) is 0 Å². The first kappa shape index (κ1) is 13.7. The molecule has 0 fully saturated rings. The minimum atomic E-state index is -0.183. The van der Waals surface area contributed by atoms with Crippen LogP contribution in [0, 0.1) is 17.7 Å². The molecule has 1 heterocycles. The maximum atomic E-state index is 13.5. The minimum absolute atomic E-state index is 0.183. The molecule has 1 aliphatic heterocycles. The SMILES string of the molecule is NCC#Cc1ccccc1CN1CCc2ccc(F)cc21. The average Bonchev–Trinajstić information content (AvgIpc) is 2.89. The van der Waals surface area contributed by atoms with Gasteiger partial charge in [0.25, 0.3) is 0 Å². The molecule has 3 rings (SSSR count). The molecule has 0 bridgehead atoms. The Kier molecular flexibility index (Phi) is 3.89. The van der Waals surface area contributed by atoms with E-state index in [0.29, 0.717) is 6.54 Å². The predicted molar refractivity (Wildman–Crippen MR) is 83.5 cm³/mol. The highest BCUT2D eigenvalue weighted by Crippen LogP contribution is 2.30. The summed E-state index contributed by atoms with van der Waals surface area (Å²) in [5.41, 5.74) is 9.79. The molecule has 0 atom stereocenters. The quantitative estimate of drug-likeness (QED) is 0.857. The Morgan fingerprint density at radius 3 is 2.90 bits per heavy atom. The van der Waals surface area contributed by atoms with Crippen molar-refractivity contribution in [2.24, 2.45) is 5.73 Å². The van der Waals surface area contributed by atoms with Gasteiger partial charge in [-0.25, -0.2) is 4.39 Å². The van der Waals surface area contributed by atoms with Crippen molar-refractivity contribution in [3.05, 3.63) is 65.0 Å². The van der Waals surface area contributed by atoms with Crippen molar-refractivity contribution in [1.82, 2.24) is 0 Å². The number of hydrogen-bond donors (Lipinski definition) is 1. The molecule has 1 aliphatic rings. The van der Waals surface area contributed by atoms with Crippen molar-refractivity contribution in [2.75, 3.05) is 18.0 Å². The molecule has 0 saturated heterocycles. The normalized spacial score (nSPS) is 12.8. The third kappa shape index (κ3) is 2.91. The van der Waals surface area contributed by atoms with E-state index in [4.69, 9.17) is 5.73 Å². The second kappa shape index (κ2) is 5.99. The lowest BCUT2D eigenvalue weighted by Crippen LogP contribution is -2.20. The van der Waals surface area contributed by atoms with Crippen molar-refractivity contribution < 1.29 is 4.39 Å². The van der Waals surface area contributed by atoms with Gasteiger partial charge in [-0.2, -0.15) is 0 Å². The van der Waals surface area contributed by atoms with Gasteiger partial charge >= 0.3 is 0 Å². The van der Waals surface area contributed by atoms with Crippen molar-refractivity contribution in [3.63, 3.8) is 0 Å². The molecule has 2 N–H and O–H groups in total. The molecule has 0 spiro atoms. The summed E-state index contributed by atoms with van der Waals surface area (Å²) in [6.45, 7) is 2.01. The summed E-state index contributed by atoms with van der Waals surface area (Å²) in [7, 11) is 0. The van der Waals surface area contributed by atoms with Crippen LogP contribution in [-0.2, 0) is 13.0 Å². The van der Waals surface area contributed by atoms with Gasteiger partial charge in [0.1, 0.15) is 5.82 Å². The summed E-state index contributed by atoms with van der Waals surface area (Å²) in [5, 5.41) is 0. The maximum absolute atomic E-state index is 13.5. The lowest BCUT2D eigenvalue weighted by atomic mass is 10.1. The van der Waals surface area contributed by atoms with Gasteiger partial charge < -0.3 is 10.6 Å². The predicted octanol–water partition coefficient (Wildman–Crippen LogP) is 2.70. The van der Waals surface area contributed by atoms with Crippen molar-refractivity contribution >= 4 is 5.69 Å². The second-order valence-electron chi connectivity index (χ2n) is 5.11. The molecule has 0 radical (unpaired) electrons. The van der Waals surface area contributed by atoms with E-state index in [1.54, 1.807) is 6.07 Å². The highest BCUT2D eigenvalue weighted by Gasteiger charge is 2.20. The van der Waals surface area contributed by atoms with Gasteiger partial charge in [-0.1, -0.05) is 36.1 Å². The van der Waals surface area contributed by atoms with E-state index in [1.807, 2.05) is 24.3 Å². The lowest BCUT2D eigenvalue weighted by molar-refractivity contribution is 0.627. The van der Waals surface area contributed by atoms with Crippen molar-refractivity contribution in [1.29, 1.82) is 0 Å². The summed E-state index contributed by atoms with van der Waals surface area (Å²) < 4.78 is 13.5. The molecular weight excluding hydrogens is 263 g/mol. The van der Waals surface area contributed by atoms with Gasteiger partial charge in [-0.05, 0) is 35.7 Å². The summed E-state index contributed by atoms with van der Waals surface area (Å²) in [5.74, 6) is 5.82. The number of rotatable bonds is 2. The van der Waals surface area contributed by atoms with Crippen molar-refractivity contribution in [2.45, 2.75) is 13.0 Å². The van der Waals surface area contributed by atoms with Gasteiger partial charge in [0.05, 0.1) is 6.54 Å². The lowest BCUT2D eigenvalue weighted by Gasteiger charge is -2.20. The number of anilines is 1. The van der Waals surface area contributed by atoms with Crippen LogP contribution in [0.5, 0.6) is 0 Å². The molecule has 0 unspecified atom stereocenters. The van der Waals surface area contributed by atoms with Gasteiger partial charge in [0, 0.05) is 24.3 Å². The molecular formula is C18H17FN2. The van der Waals surface area contributed by atoms with Crippen LogP contribution < -0.4 is 10.6 Å². The molecule has 0 amide bonds. The molecule has 3 heteroatoms. The molecule has 0 saturated carbocycles. The number of benzene rings is 2. The van der Waals surface area contributed by atoms with E-state index in [0.717, 1.165) is 36.3 Å². The van der Waals surface area contributed by atoms with Crippen molar-refractivity contribution in [3.8, 4) is 11.8 Å². The van der Waals surface area contributed by atoms with Crippen LogP contribution in [0.3, 0.4) is 0 Å². The van der Waals surface area contributed by atoms with Crippen LogP contribution in [0.15, 0.2) is 42.5 Å². The minimum Gasteiger partial charge on any atom is -0.367 e. The Balaban J connectivity index is 1.88. The Morgan fingerprint density at radius 1 is 1.19 bits per heavy atom. The van der Waals surface area contributed by atoms with E-state index in [1.165, 1.54) is 11.6 Å². The fourth-order valence-corrected chi connectivity index (χ4v) is 2.71. The number of hydrogen-bond acceptors (Lipinski definition) is 2. The van der Waals surface area contributed by atoms with Crippen LogP contribution in [0.1, 0.15) is 16.7 Å². The topological polar surface area (TPSA) is 29.3 Å². The molecule has 0 aromatic heterocycles. The Bertz CT molecular complexity index is 713. The monoisotopic (exact) mass is 280 g/mol. The summed E-state index contributed by atoms with van der Waals surface area (Å²) in [6.07, 6.45) is 0.965. The highest BCUT2D eigenvalue weighted by atomic mass is 19.1. The third-order valence-corrected chi connectivity index (χ3v) is 3.74. The molecule has 2 aromatic carbocycles. The van der Waals surface area contributed by atoms with Crippen LogP contribution in [0.4, 0.5) is 10.1 Å². The zero-order valence-electron chi connectivity index (χ0n) is 11.8. The van der Waals surface area contributed by atoms with Gasteiger partial charge in [-0.15, -0.1) is 0 Å². The zero-order valence-corrected chi connectivity index (χ0v) is 11.8. The average molecular weight is 280 g/mol. The fourth-order valence-electron chi connectivity index (χ4n) is 2.71. The van der Waals surface area contributed by atoms with E-state index in [9.17, 15) is 4.39 Å². The van der Waals surface area contributed by atoms with Crippen LogP contribution in [0.2, 0.25) is 0 Å². The first-order valence-electron chi connectivity index (χ1n) is 7.08. The fraction of sp³-hybridized carbons (Fsp3) is 0.222. The molecule has 21 heavy (non-hydrogen) atoms. The Hall–Kier alpha value is -2.31. The molecule has 2 nitrogen and oxygen atoms in total. The van der Waals surface area contributed by atoms with E-state index in [2.05, 4.69) is 22.8 Å². The first-order valence-corrected chi connectivity index (χ1v) is 7.08. The van der Waals surface area contributed by atoms with Gasteiger partial charge in [0.15, 0.2) is 0 Å². The number of nitrogens with zero attached hydrogens (tertiary/aromatic N) is 1. The Morgan fingerprint density at radius 2 is 2.05 bits per heavy atom. The highest BCUT2D eigenvalue weighted by molar-refractivity contribution is 5.59. The van der Waals surface area contributed by atoms with E-state index in [-0.39, 0.29) is 5.82 Å². The van der Waals surface area contributed by atoms with Crippen LogP contribution >= 0.6 is 0 Å². The first-order chi connectivity index (χ1) is 10.3. The zero-order chi connectivity index (χ0) is 14.7. The second-order valence-corrected chi connectivity index (χ2v) is 5.11. The third-order valence-electron chi connectivity index (χ3n) is 3.74. The summed E-state index contributed by atoms with van der Waals surface area (Å²) in [4.78, 5) is 2.21. The number of fused-ring (bicyclic) bond motifs is 1. The summed E-state index contributed by atoms with van der Waals surface area (Å²) in [6, 6.07) is 13.1. The van der Waals surface area contributed by atoms with Gasteiger partial charge in [0.2, 0.25) is 0 Å². The largest absolute Gasteiger partial charge is 0.367 e. The summed E-state index contributed by atoms with van der Waals surface area (Å²) >= 11 is 0. The van der Waals surface area contributed by atoms with E-state index >= 15 is 0 Å². The smallest absolute Gasteiger partial charge is 0.125 e.